The normalized spacial score (nSPS) is 21.0. The Morgan fingerprint density at radius 1 is 0.881 bits per heavy atom. The van der Waals surface area contributed by atoms with E-state index in [2.05, 4.69) is 41.8 Å². The average molecular weight is 566 g/mol. The molecule has 0 radical (unpaired) electrons. The highest BCUT2D eigenvalue weighted by Crippen LogP contribution is 2.42. The van der Waals surface area contributed by atoms with Crippen LogP contribution < -0.4 is 0 Å². The molecule has 1 aliphatic heterocycles. The van der Waals surface area contributed by atoms with Crippen molar-refractivity contribution in [1.29, 1.82) is 0 Å². The fourth-order valence-electron chi connectivity index (χ4n) is 6.73. The van der Waals surface area contributed by atoms with Gasteiger partial charge in [-0.15, -0.1) is 6.58 Å². The Labute approximate surface area is 250 Å². The van der Waals surface area contributed by atoms with Crippen LogP contribution in [0.3, 0.4) is 0 Å². The summed E-state index contributed by atoms with van der Waals surface area (Å²) >= 11 is 0. The Balaban J connectivity index is 1.20. The van der Waals surface area contributed by atoms with E-state index < -0.39 is 0 Å². The van der Waals surface area contributed by atoms with Gasteiger partial charge in [-0.25, -0.2) is 4.79 Å². The third kappa shape index (κ3) is 7.29. The van der Waals surface area contributed by atoms with Gasteiger partial charge in [-0.2, -0.15) is 0 Å². The van der Waals surface area contributed by atoms with E-state index in [1.165, 1.54) is 5.56 Å². The van der Waals surface area contributed by atoms with Crippen molar-refractivity contribution in [3.8, 4) is 0 Å². The van der Waals surface area contributed by atoms with Crippen LogP contribution in [-0.4, -0.2) is 72.0 Å². The van der Waals surface area contributed by atoms with E-state index >= 15 is 0 Å². The van der Waals surface area contributed by atoms with E-state index in [-0.39, 0.29) is 30.7 Å². The van der Waals surface area contributed by atoms with Gasteiger partial charge in [0.15, 0.2) is 0 Å². The van der Waals surface area contributed by atoms with Crippen LogP contribution in [0.5, 0.6) is 0 Å². The predicted molar refractivity (Wildman–Crippen MR) is 167 cm³/mol. The van der Waals surface area contributed by atoms with Crippen LogP contribution in [0.25, 0.3) is 0 Å². The highest BCUT2D eigenvalue weighted by atomic mass is 16.6. The van der Waals surface area contributed by atoms with Gasteiger partial charge in [0.1, 0.15) is 6.61 Å². The number of hydrogen-bond acceptors (Lipinski definition) is 4. The van der Waals surface area contributed by atoms with E-state index in [1.807, 2.05) is 77.5 Å². The van der Waals surface area contributed by atoms with Crippen LogP contribution in [0.1, 0.15) is 53.1 Å². The third-order valence-corrected chi connectivity index (χ3v) is 9.04. The monoisotopic (exact) mass is 565 g/mol. The number of benzene rings is 3. The van der Waals surface area contributed by atoms with Crippen LogP contribution in [0.4, 0.5) is 4.79 Å². The molecule has 1 saturated heterocycles. The number of carbonyl (C=O) groups excluding carboxylic acids is 2. The van der Waals surface area contributed by atoms with E-state index in [0.29, 0.717) is 18.4 Å². The maximum absolute atomic E-state index is 13.3. The molecule has 1 saturated carbocycles. The summed E-state index contributed by atoms with van der Waals surface area (Å²) in [5.41, 5.74) is 3.09. The Morgan fingerprint density at radius 2 is 1.50 bits per heavy atom. The summed E-state index contributed by atoms with van der Waals surface area (Å²) in [6, 6.07) is 30.5. The smallest absolute Gasteiger partial charge is 0.410 e. The zero-order chi connectivity index (χ0) is 29.3. The maximum Gasteiger partial charge on any atom is 0.410 e. The first-order chi connectivity index (χ1) is 20.5. The molecule has 5 rings (SSSR count). The van der Waals surface area contributed by atoms with Gasteiger partial charge in [-0.05, 0) is 60.8 Å². The number of likely N-dealkylation sites (tertiary alicyclic amines) is 1. The first kappa shape index (κ1) is 29.6. The topological polar surface area (TPSA) is 53.1 Å². The van der Waals surface area contributed by atoms with Crippen molar-refractivity contribution in [2.24, 2.45) is 5.92 Å². The SMILES string of the molecule is C=CCN(C(=O)OCc1ccccc1)C1CCN(C[C@H]2CC(N(C)C(=O)c3ccccc3)C[C@@H]2c2ccccc2)CC1. The summed E-state index contributed by atoms with van der Waals surface area (Å²) in [4.78, 5) is 32.7. The van der Waals surface area contributed by atoms with E-state index in [1.54, 1.807) is 6.08 Å². The molecule has 6 nitrogen and oxygen atoms in total. The van der Waals surface area contributed by atoms with E-state index in [0.717, 1.165) is 56.4 Å². The minimum atomic E-state index is -0.272. The number of nitrogens with zero attached hydrogens (tertiary/aromatic N) is 3. The number of rotatable bonds is 10. The molecule has 2 fully saturated rings. The standard InChI is InChI=1S/C36H43N3O3/c1-3-21-39(36(41)42-27-28-13-7-4-8-14-28)32-19-22-38(23-20-32)26-31-24-33(25-34(31)29-15-9-5-10-16-29)37(2)35(40)30-17-11-6-12-18-30/h3-18,31-34H,1,19-27H2,2H3/t31-,33?,34-/m1/s1. The second kappa shape index (κ2) is 14.3. The molecule has 6 heteroatoms. The van der Waals surface area contributed by atoms with Gasteiger partial charge in [-0.1, -0.05) is 84.9 Å². The van der Waals surface area contributed by atoms with Gasteiger partial charge in [-0.3, -0.25) is 4.79 Å². The molecule has 1 aliphatic carbocycles. The number of piperidine rings is 1. The Kier molecular flexibility index (Phi) is 10.1. The predicted octanol–water partition coefficient (Wildman–Crippen LogP) is 6.61. The molecule has 1 heterocycles. The van der Waals surface area contributed by atoms with Gasteiger partial charge >= 0.3 is 6.09 Å². The molecule has 0 aromatic heterocycles. The summed E-state index contributed by atoms with van der Waals surface area (Å²) in [6.07, 6.45) is 5.29. The Hall–Kier alpha value is -3.90. The highest BCUT2D eigenvalue weighted by molar-refractivity contribution is 5.94. The summed E-state index contributed by atoms with van der Waals surface area (Å²) in [6.45, 7) is 7.51. The Bertz CT molecular complexity index is 1290. The fourth-order valence-corrected chi connectivity index (χ4v) is 6.73. The molecule has 220 valence electrons. The number of ether oxygens (including phenoxy) is 1. The minimum Gasteiger partial charge on any atom is -0.445 e. The molecule has 3 atom stereocenters. The molecule has 1 unspecified atom stereocenters. The molecular formula is C36H43N3O3. The van der Waals surface area contributed by atoms with Crippen molar-refractivity contribution in [2.45, 2.75) is 50.3 Å². The lowest BCUT2D eigenvalue weighted by Gasteiger charge is -2.39. The lowest BCUT2D eigenvalue weighted by atomic mass is 9.88. The quantitative estimate of drug-likeness (QED) is 0.260. The second-order valence-corrected chi connectivity index (χ2v) is 11.7. The van der Waals surface area contributed by atoms with Crippen molar-refractivity contribution < 1.29 is 14.3 Å². The zero-order valence-electron chi connectivity index (χ0n) is 24.7. The molecule has 2 amide bonds. The molecule has 3 aromatic carbocycles. The summed E-state index contributed by atoms with van der Waals surface area (Å²) in [5, 5.41) is 0. The van der Waals surface area contributed by atoms with Gasteiger partial charge in [0, 0.05) is 50.9 Å². The van der Waals surface area contributed by atoms with Crippen LogP contribution in [0.2, 0.25) is 0 Å². The average Bonchev–Trinajstić information content (AvgIpc) is 3.47. The first-order valence-corrected chi connectivity index (χ1v) is 15.2. The Morgan fingerprint density at radius 3 is 2.14 bits per heavy atom. The zero-order valence-corrected chi connectivity index (χ0v) is 24.7. The summed E-state index contributed by atoms with van der Waals surface area (Å²) in [5.74, 6) is 0.959. The van der Waals surface area contributed by atoms with Gasteiger partial charge in [0.05, 0.1) is 0 Å². The van der Waals surface area contributed by atoms with E-state index in [9.17, 15) is 9.59 Å². The van der Waals surface area contributed by atoms with Gasteiger partial charge in [0.2, 0.25) is 0 Å². The molecule has 0 N–H and O–H groups in total. The number of amides is 2. The first-order valence-electron chi connectivity index (χ1n) is 15.2. The molecule has 3 aromatic rings. The summed E-state index contributed by atoms with van der Waals surface area (Å²) in [7, 11) is 1.96. The summed E-state index contributed by atoms with van der Waals surface area (Å²) < 4.78 is 5.67. The molecule has 2 aliphatic rings. The van der Waals surface area contributed by atoms with Crippen LogP contribution in [0.15, 0.2) is 104 Å². The van der Waals surface area contributed by atoms with Crippen LogP contribution >= 0.6 is 0 Å². The lowest BCUT2D eigenvalue weighted by molar-refractivity contribution is 0.0621. The molecule has 0 spiro atoms. The minimum absolute atomic E-state index is 0.0929. The van der Waals surface area contributed by atoms with Crippen LogP contribution in [0, 0.1) is 5.92 Å². The van der Waals surface area contributed by atoms with Crippen molar-refractivity contribution >= 4 is 12.0 Å². The van der Waals surface area contributed by atoms with Gasteiger partial charge < -0.3 is 19.4 Å². The van der Waals surface area contributed by atoms with Crippen molar-refractivity contribution in [2.75, 3.05) is 33.2 Å². The molecular weight excluding hydrogens is 522 g/mol. The van der Waals surface area contributed by atoms with Crippen LogP contribution in [-0.2, 0) is 11.3 Å². The highest BCUT2D eigenvalue weighted by Gasteiger charge is 2.40. The maximum atomic E-state index is 13.3. The molecule has 0 bridgehead atoms. The number of hydrogen-bond donors (Lipinski definition) is 0. The van der Waals surface area contributed by atoms with Crippen molar-refractivity contribution in [1.82, 2.24) is 14.7 Å². The third-order valence-electron chi connectivity index (χ3n) is 9.04. The van der Waals surface area contributed by atoms with E-state index in [4.69, 9.17) is 4.74 Å². The second-order valence-electron chi connectivity index (χ2n) is 11.7. The fraction of sp³-hybridized carbons (Fsp3) is 0.389. The molecule has 42 heavy (non-hydrogen) atoms. The lowest BCUT2D eigenvalue weighted by Crippen LogP contribution is -2.48. The van der Waals surface area contributed by atoms with Crippen molar-refractivity contribution in [3.05, 3.63) is 120 Å². The van der Waals surface area contributed by atoms with Crippen molar-refractivity contribution in [3.63, 3.8) is 0 Å². The van der Waals surface area contributed by atoms with Gasteiger partial charge in [0.25, 0.3) is 5.91 Å². The number of carbonyl (C=O) groups is 2. The largest absolute Gasteiger partial charge is 0.445 e.